The average Bonchev–Trinajstić information content (AvgIpc) is 2.94. The highest BCUT2D eigenvalue weighted by Crippen LogP contribution is 2.39. The molecule has 0 spiro atoms. The van der Waals surface area contributed by atoms with Crippen molar-refractivity contribution in [2.24, 2.45) is 0 Å². The van der Waals surface area contributed by atoms with Crippen LogP contribution in [0, 0.1) is 0 Å². The Bertz CT molecular complexity index is 586. The highest BCUT2D eigenvalue weighted by Gasteiger charge is 2.29. The van der Waals surface area contributed by atoms with Crippen molar-refractivity contribution in [1.82, 2.24) is 4.98 Å². The Labute approximate surface area is 127 Å². The first-order valence-corrected chi connectivity index (χ1v) is 8.12. The molecule has 2 aromatic rings. The molecule has 1 fully saturated rings. The van der Waals surface area contributed by atoms with Crippen molar-refractivity contribution in [3.63, 3.8) is 0 Å². The van der Waals surface area contributed by atoms with Crippen molar-refractivity contribution in [2.45, 2.75) is 64.2 Å². The Morgan fingerprint density at radius 3 is 2.29 bits per heavy atom. The van der Waals surface area contributed by atoms with Crippen molar-refractivity contribution in [2.75, 3.05) is 0 Å². The van der Waals surface area contributed by atoms with Crippen LogP contribution in [0.25, 0.3) is 11.3 Å². The van der Waals surface area contributed by atoms with E-state index < -0.39 is 0 Å². The maximum absolute atomic E-state index is 6.26. The third kappa shape index (κ3) is 3.04. The number of aromatic nitrogens is 1. The first kappa shape index (κ1) is 14.4. The second-order valence-corrected chi connectivity index (χ2v) is 7.18. The van der Waals surface area contributed by atoms with Gasteiger partial charge in [-0.25, -0.2) is 4.98 Å². The largest absolute Gasteiger partial charge is 0.444 e. The van der Waals surface area contributed by atoms with Crippen LogP contribution in [-0.4, -0.2) is 4.98 Å². The van der Waals surface area contributed by atoms with Crippen LogP contribution in [0.4, 0.5) is 0 Å². The third-order valence-electron chi connectivity index (χ3n) is 4.33. The lowest BCUT2D eigenvalue weighted by Crippen LogP contribution is -2.11. The summed E-state index contributed by atoms with van der Waals surface area (Å²) in [6.07, 6.45) is 6.41. The standard InChI is InChI=1S/C19H25NO/c1-19(2,3)17-16(14-10-6-4-7-11-14)20-18(21-17)15-12-8-5-9-13-15/h4,6-7,10-11,15H,5,8-9,12-13H2,1-3H3. The zero-order valence-electron chi connectivity index (χ0n) is 13.4. The molecule has 2 nitrogen and oxygen atoms in total. The fraction of sp³-hybridized carbons (Fsp3) is 0.526. The quantitative estimate of drug-likeness (QED) is 0.708. The molecular weight excluding hydrogens is 258 g/mol. The van der Waals surface area contributed by atoms with Crippen LogP contribution in [0.1, 0.15) is 70.4 Å². The van der Waals surface area contributed by atoms with E-state index in [0.29, 0.717) is 5.92 Å². The van der Waals surface area contributed by atoms with E-state index in [-0.39, 0.29) is 5.41 Å². The van der Waals surface area contributed by atoms with Crippen molar-refractivity contribution in [3.05, 3.63) is 42.0 Å². The Hall–Kier alpha value is -1.57. The molecule has 1 heterocycles. The minimum absolute atomic E-state index is 0.0227. The molecule has 0 N–H and O–H groups in total. The number of nitrogens with zero attached hydrogens (tertiary/aromatic N) is 1. The maximum Gasteiger partial charge on any atom is 0.198 e. The zero-order valence-corrected chi connectivity index (χ0v) is 13.4. The molecule has 2 heteroatoms. The van der Waals surface area contributed by atoms with Crippen LogP contribution in [0.15, 0.2) is 34.7 Å². The summed E-state index contributed by atoms with van der Waals surface area (Å²) in [7, 11) is 0. The van der Waals surface area contributed by atoms with Gasteiger partial charge in [-0.15, -0.1) is 0 Å². The molecular formula is C19H25NO. The van der Waals surface area contributed by atoms with Gasteiger partial charge in [-0.1, -0.05) is 70.4 Å². The van der Waals surface area contributed by atoms with Gasteiger partial charge in [0.05, 0.1) is 0 Å². The molecule has 112 valence electrons. The molecule has 1 aromatic heterocycles. The SMILES string of the molecule is CC(C)(C)c1oc(C2CCCCC2)nc1-c1ccccc1. The van der Waals surface area contributed by atoms with E-state index >= 15 is 0 Å². The Balaban J connectivity index is 2.03. The van der Waals surface area contributed by atoms with Crippen LogP contribution in [-0.2, 0) is 5.41 Å². The van der Waals surface area contributed by atoms with Crippen LogP contribution in [0.2, 0.25) is 0 Å². The van der Waals surface area contributed by atoms with Gasteiger partial charge in [0, 0.05) is 16.9 Å². The van der Waals surface area contributed by atoms with Crippen LogP contribution >= 0.6 is 0 Å². The van der Waals surface area contributed by atoms with E-state index in [1.165, 1.54) is 32.1 Å². The van der Waals surface area contributed by atoms with Crippen LogP contribution in [0.3, 0.4) is 0 Å². The van der Waals surface area contributed by atoms with Crippen molar-refractivity contribution < 1.29 is 4.42 Å². The lowest BCUT2D eigenvalue weighted by atomic mass is 9.89. The van der Waals surface area contributed by atoms with Gasteiger partial charge in [0.25, 0.3) is 0 Å². The van der Waals surface area contributed by atoms with Gasteiger partial charge < -0.3 is 4.42 Å². The van der Waals surface area contributed by atoms with Crippen molar-refractivity contribution >= 4 is 0 Å². The van der Waals surface area contributed by atoms with Gasteiger partial charge in [0.2, 0.25) is 0 Å². The normalized spacial score (nSPS) is 17.1. The minimum Gasteiger partial charge on any atom is -0.444 e. The Kier molecular flexibility index (Phi) is 3.88. The molecule has 0 atom stereocenters. The fourth-order valence-electron chi connectivity index (χ4n) is 3.16. The van der Waals surface area contributed by atoms with Gasteiger partial charge in [0.1, 0.15) is 11.5 Å². The first-order valence-electron chi connectivity index (χ1n) is 8.12. The highest BCUT2D eigenvalue weighted by molar-refractivity contribution is 5.62. The summed E-state index contributed by atoms with van der Waals surface area (Å²) in [5.74, 6) is 2.49. The number of oxazole rings is 1. The Morgan fingerprint density at radius 2 is 1.67 bits per heavy atom. The molecule has 0 aliphatic heterocycles. The molecule has 0 amide bonds. The van der Waals surface area contributed by atoms with E-state index in [9.17, 15) is 0 Å². The monoisotopic (exact) mass is 283 g/mol. The predicted octanol–water partition coefficient (Wildman–Crippen LogP) is 5.69. The summed E-state index contributed by atoms with van der Waals surface area (Å²) in [5.41, 5.74) is 2.17. The van der Waals surface area contributed by atoms with E-state index in [1.807, 2.05) is 6.07 Å². The van der Waals surface area contributed by atoms with Crippen molar-refractivity contribution in [1.29, 1.82) is 0 Å². The van der Waals surface area contributed by atoms with Gasteiger partial charge >= 0.3 is 0 Å². The molecule has 1 aliphatic rings. The summed E-state index contributed by atoms with van der Waals surface area (Å²) in [6.45, 7) is 6.60. The number of benzene rings is 1. The van der Waals surface area contributed by atoms with Gasteiger partial charge in [0.15, 0.2) is 5.89 Å². The molecule has 0 radical (unpaired) electrons. The van der Waals surface area contributed by atoms with E-state index in [0.717, 1.165) is 22.9 Å². The molecule has 3 rings (SSSR count). The van der Waals surface area contributed by atoms with Gasteiger partial charge in [-0.2, -0.15) is 0 Å². The molecule has 0 unspecified atom stereocenters. The van der Waals surface area contributed by atoms with E-state index in [4.69, 9.17) is 9.40 Å². The third-order valence-corrected chi connectivity index (χ3v) is 4.33. The first-order chi connectivity index (χ1) is 10.1. The Morgan fingerprint density at radius 1 is 1.00 bits per heavy atom. The van der Waals surface area contributed by atoms with Crippen molar-refractivity contribution in [3.8, 4) is 11.3 Å². The van der Waals surface area contributed by atoms with Gasteiger partial charge in [-0.3, -0.25) is 0 Å². The molecule has 0 bridgehead atoms. The highest BCUT2D eigenvalue weighted by atomic mass is 16.4. The minimum atomic E-state index is -0.0227. The van der Waals surface area contributed by atoms with Crippen LogP contribution < -0.4 is 0 Å². The topological polar surface area (TPSA) is 26.0 Å². The average molecular weight is 283 g/mol. The smallest absolute Gasteiger partial charge is 0.198 e. The lowest BCUT2D eigenvalue weighted by molar-refractivity contribution is 0.327. The number of hydrogen-bond donors (Lipinski definition) is 0. The second-order valence-electron chi connectivity index (χ2n) is 7.18. The van der Waals surface area contributed by atoms with Crippen LogP contribution in [0.5, 0.6) is 0 Å². The molecule has 1 aliphatic carbocycles. The summed E-state index contributed by atoms with van der Waals surface area (Å²) in [6, 6.07) is 10.4. The number of rotatable bonds is 2. The summed E-state index contributed by atoms with van der Waals surface area (Å²) < 4.78 is 6.26. The van der Waals surface area contributed by atoms with Gasteiger partial charge in [-0.05, 0) is 12.8 Å². The lowest BCUT2D eigenvalue weighted by Gasteiger charge is -2.19. The predicted molar refractivity (Wildman–Crippen MR) is 86.5 cm³/mol. The molecule has 1 saturated carbocycles. The zero-order chi connectivity index (χ0) is 14.9. The molecule has 1 aromatic carbocycles. The summed E-state index contributed by atoms with van der Waals surface area (Å²) >= 11 is 0. The summed E-state index contributed by atoms with van der Waals surface area (Å²) in [5, 5.41) is 0. The summed E-state index contributed by atoms with van der Waals surface area (Å²) in [4.78, 5) is 4.90. The number of hydrogen-bond acceptors (Lipinski definition) is 2. The van der Waals surface area contributed by atoms with E-state index in [2.05, 4.69) is 45.0 Å². The fourth-order valence-corrected chi connectivity index (χ4v) is 3.16. The second kappa shape index (κ2) is 5.67. The van der Waals surface area contributed by atoms with E-state index in [1.54, 1.807) is 0 Å². The maximum atomic E-state index is 6.26. The molecule has 21 heavy (non-hydrogen) atoms. The molecule has 0 saturated heterocycles.